The number of aromatic nitrogens is 1. The molecule has 0 atom stereocenters. The van der Waals surface area contributed by atoms with Crippen molar-refractivity contribution >= 4 is 11.6 Å². The minimum absolute atomic E-state index is 0.0612. The van der Waals surface area contributed by atoms with Crippen LogP contribution >= 0.6 is 0 Å². The fourth-order valence-corrected chi connectivity index (χ4v) is 1.60. The van der Waals surface area contributed by atoms with Gasteiger partial charge in [0.15, 0.2) is 0 Å². The Labute approximate surface area is 120 Å². The van der Waals surface area contributed by atoms with E-state index in [2.05, 4.69) is 22.3 Å². The van der Waals surface area contributed by atoms with Crippen molar-refractivity contribution in [2.24, 2.45) is 0 Å². The summed E-state index contributed by atoms with van der Waals surface area (Å²) in [6.07, 6.45) is 0.269. The van der Waals surface area contributed by atoms with Crippen LogP contribution in [-0.4, -0.2) is 22.8 Å². The fraction of sp³-hybridized carbons (Fsp3) is 0.200. The van der Waals surface area contributed by atoms with Crippen LogP contribution in [0, 0.1) is 24.6 Å². The highest BCUT2D eigenvalue weighted by molar-refractivity contribution is 6.03. The van der Waals surface area contributed by atoms with Gasteiger partial charge >= 0.3 is 0 Å². The van der Waals surface area contributed by atoms with Crippen LogP contribution < -0.4 is 5.32 Å². The van der Waals surface area contributed by atoms with Gasteiger partial charge in [-0.05, 0) is 25.1 Å². The number of hydrogen-bond donors (Lipinski definition) is 2. The number of halogens is 1. The van der Waals surface area contributed by atoms with E-state index in [1.54, 1.807) is 6.92 Å². The van der Waals surface area contributed by atoms with Gasteiger partial charge < -0.3 is 14.9 Å². The number of aliphatic hydroxyl groups excluding tert-OH is 1. The largest absolute Gasteiger partial charge is 0.395 e. The Balaban J connectivity index is 2.23. The number of nitrogens with one attached hydrogen (secondary N) is 1. The first kappa shape index (κ1) is 14.8. The Morgan fingerprint density at radius 2 is 2.29 bits per heavy atom. The number of aliphatic hydroxyl groups is 1. The molecule has 0 radical (unpaired) electrons. The molecule has 0 aliphatic heterocycles. The Morgan fingerprint density at radius 3 is 2.95 bits per heavy atom. The molecule has 1 heterocycles. The SMILES string of the molecule is Cc1cc(C(=O)Nc2ccc(F)cc2C#CCCO)on1. The first-order valence-electron chi connectivity index (χ1n) is 6.24. The summed E-state index contributed by atoms with van der Waals surface area (Å²) in [5.41, 5.74) is 1.27. The summed E-state index contributed by atoms with van der Waals surface area (Å²) in [4.78, 5) is 12.0. The molecule has 2 aromatic rings. The number of carbonyl (C=O) groups is 1. The summed E-state index contributed by atoms with van der Waals surface area (Å²) in [7, 11) is 0. The van der Waals surface area contributed by atoms with Gasteiger partial charge in [-0.2, -0.15) is 0 Å². The maximum Gasteiger partial charge on any atom is 0.294 e. The van der Waals surface area contributed by atoms with Crippen LogP contribution in [0.25, 0.3) is 0 Å². The third kappa shape index (κ3) is 3.91. The zero-order valence-corrected chi connectivity index (χ0v) is 11.3. The highest BCUT2D eigenvalue weighted by Gasteiger charge is 2.13. The Bertz CT molecular complexity index is 713. The topological polar surface area (TPSA) is 75.4 Å². The van der Waals surface area contributed by atoms with Gasteiger partial charge in [0.05, 0.1) is 23.6 Å². The molecule has 1 aromatic carbocycles. The summed E-state index contributed by atoms with van der Waals surface area (Å²) in [5.74, 6) is 4.50. The van der Waals surface area contributed by atoms with Crippen molar-refractivity contribution in [2.75, 3.05) is 11.9 Å². The Kier molecular flexibility index (Phi) is 4.69. The monoisotopic (exact) mass is 288 g/mol. The number of anilines is 1. The Hall–Kier alpha value is -2.65. The number of rotatable bonds is 3. The van der Waals surface area contributed by atoms with Gasteiger partial charge in [0.2, 0.25) is 5.76 Å². The minimum Gasteiger partial charge on any atom is -0.395 e. The number of amides is 1. The zero-order valence-electron chi connectivity index (χ0n) is 11.3. The fourth-order valence-electron chi connectivity index (χ4n) is 1.60. The van der Waals surface area contributed by atoms with E-state index in [1.807, 2.05) is 0 Å². The van der Waals surface area contributed by atoms with Crippen molar-refractivity contribution in [2.45, 2.75) is 13.3 Å². The predicted molar refractivity (Wildman–Crippen MR) is 74.2 cm³/mol. The van der Waals surface area contributed by atoms with E-state index in [1.165, 1.54) is 24.3 Å². The van der Waals surface area contributed by atoms with Gasteiger partial charge in [0.1, 0.15) is 5.82 Å². The van der Waals surface area contributed by atoms with Crippen molar-refractivity contribution in [1.82, 2.24) is 5.16 Å². The number of carbonyl (C=O) groups excluding carboxylic acids is 1. The van der Waals surface area contributed by atoms with E-state index < -0.39 is 11.7 Å². The summed E-state index contributed by atoms with van der Waals surface area (Å²) in [6.45, 7) is 1.62. The van der Waals surface area contributed by atoms with Gasteiger partial charge in [-0.3, -0.25) is 4.79 Å². The standard InChI is InChI=1S/C15H13FN2O3/c1-10-8-14(21-18-10)15(20)17-13-6-5-12(16)9-11(13)4-2-3-7-19/h5-6,8-9,19H,3,7H2,1H3,(H,17,20). The summed E-state index contributed by atoms with van der Waals surface area (Å²) >= 11 is 0. The summed E-state index contributed by atoms with van der Waals surface area (Å²) < 4.78 is 18.1. The molecule has 6 heteroatoms. The van der Waals surface area contributed by atoms with Crippen LogP contribution in [0.1, 0.15) is 28.2 Å². The van der Waals surface area contributed by atoms with Gasteiger partial charge in [-0.1, -0.05) is 17.0 Å². The maximum absolute atomic E-state index is 13.3. The molecule has 0 spiro atoms. The molecular formula is C15H13FN2O3. The van der Waals surface area contributed by atoms with Crippen molar-refractivity contribution in [3.8, 4) is 11.8 Å². The Morgan fingerprint density at radius 1 is 1.48 bits per heavy atom. The third-order valence-corrected chi connectivity index (χ3v) is 2.54. The average molecular weight is 288 g/mol. The smallest absolute Gasteiger partial charge is 0.294 e. The lowest BCUT2D eigenvalue weighted by Crippen LogP contribution is -2.12. The van der Waals surface area contributed by atoms with E-state index in [4.69, 9.17) is 9.63 Å². The van der Waals surface area contributed by atoms with Crippen molar-refractivity contribution in [3.05, 3.63) is 47.1 Å². The van der Waals surface area contributed by atoms with Gasteiger partial charge in [0, 0.05) is 12.5 Å². The van der Waals surface area contributed by atoms with Crippen LogP contribution in [0.5, 0.6) is 0 Å². The van der Waals surface area contributed by atoms with E-state index >= 15 is 0 Å². The molecule has 5 nitrogen and oxygen atoms in total. The van der Waals surface area contributed by atoms with Gasteiger partial charge in [0.25, 0.3) is 5.91 Å². The second-order valence-corrected chi connectivity index (χ2v) is 4.25. The number of hydrogen-bond acceptors (Lipinski definition) is 4. The van der Waals surface area contributed by atoms with Crippen molar-refractivity contribution in [1.29, 1.82) is 0 Å². The molecule has 1 amide bonds. The molecule has 0 aliphatic rings. The zero-order chi connectivity index (χ0) is 15.2. The first-order valence-corrected chi connectivity index (χ1v) is 6.24. The lowest BCUT2D eigenvalue weighted by Gasteiger charge is -2.05. The highest BCUT2D eigenvalue weighted by atomic mass is 19.1. The molecule has 0 saturated carbocycles. The average Bonchev–Trinajstić information content (AvgIpc) is 2.88. The van der Waals surface area contributed by atoms with E-state index in [9.17, 15) is 9.18 Å². The van der Waals surface area contributed by atoms with Gasteiger partial charge in [-0.25, -0.2) is 4.39 Å². The highest BCUT2D eigenvalue weighted by Crippen LogP contribution is 2.17. The number of benzene rings is 1. The van der Waals surface area contributed by atoms with Crippen molar-refractivity contribution in [3.63, 3.8) is 0 Å². The van der Waals surface area contributed by atoms with E-state index in [0.717, 1.165) is 0 Å². The first-order chi connectivity index (χ1) is 10.1. The van der Waals surface area contributed by atoms with Crippen LogP contribution in [0.3, 0.4) is 0 Å². The molecule has 0 unspecified atom stereocenters. The molecule has 1 aromatic heterocycles. The molecular weight excluding hydrogens is 275 g/mol. The lowest BCUT2D eigenvalue weighted by molar-refractivity contribution is 0.0988. The van der Waals surface area contributed by atoms with Crippen molar-refractivity contribution < 1.29 is 18.8 Å². The molecule has 0 fully saturated rings. The molecule has 0 bridgehead atoms. The third-order valence-electron chi connectivity index (χ3n) is 2.54. The second-order valence-electron chi connectivity index (χ2n) is 4.25. The molecule has 2 rings (SSSR count). The normalized spacial score (nSPS) is 9.86. The minimum atomic E-state index is -0.493. The molecule has 0 saturated heterocycles. The van der Waals surface area contributed by atoms with E-state index in [0.29, 0.717) is 16.9 Å². The maximum atomic E-state index is 13.3. The quantitative estimate of drug-likeness (QED) is 0.848. The number of aryl methyl sites for hydroxylation is 1. The second kappa shape index (κ2) is 6.68. The van der Waals surface area contributed by atoms with Crippen LogP contribution in [-0.2, 0) is 0 Å². The van der Waals surface area contributed by atoms with Crippen LogP contribution in [0.15, 0.2) is 28.8 Å². The van der Waals surface area contributed by atoms with Gasteiger partial charge in [-0.15, -0.1) is 0 Å². The molecule has 108 valence electrons. The van der Waals surface area contributed by atoms with E-state index in [-0.39, 0.29) is 18.8 Å². The molecule has 2 N–H and O–H groups in total. The van der Waals surface area contributed by atoms with Crippen LogP contribution in [0.4, 0.5) is 10.1 Å². The number of nitrogens with zero attached hydrogens (tertiary/aromatic N) is 1. The van der Waals surface area contributed by atoms with Crippen LogP contribution in [0.2, 0.25) is 0 Å². The summed E-state index contributed by atoms with van der Waals surface area (Å²) in [5, 5.41) is 14.9. The molecule has 0 aliphatic carbocycles. The summed E-state index contributed by atoms with van der Waals surface area (Å²) in [6, 6.07) is 5.35. The lowest BCUT2D eigenvalue weighted by atomic mass is 10.1. The predicted octanol–water partition coefficient (Wildman–Crippen LogP) is 2.11. The molecule has 21 heavy (non-hydrogen) atoms.